The molecule has 2 aromatic rings. The van der Waals surface area contributed by atoms with Crippen LogP contribution in [-0.4, -0.2) is 70.4 Å². The van der Waals surface area contributed by atoms with Crippen LogP contribution in [0.1, 0.15) is 25.6 Å². The average molecular weight is 397 g/mol. The molecule has 0 radical (unpaired) electrons. The van der Waals surface area contributed by atoms with Gasteiger partial charge < -0.3 is 10.6 Å². The smallest absolute Gasteiger partial charge is 0.357 e. The Morgan fingerprint density at radius 3 is 2.96 bits per heavy atom. The van der Waals surface area contributed by atoms with Gasteiger partial charge in [-0.15, -0.1) is 10.2 Å². The Hall–Kier alpha value is -2.36. The van der Waals surface area contributed by atoms with Gasteiger partial charge in [-0.3, -0.25) is 14.3 Å². The monoisotopic (exact) mass is 397 g/mol. The van der Waals surface area contributed by atoms with Crippen LogP contribution in [0, 0.1) is 0 Å². The summed E-state index contributed by atoms with van der Waals surface area (Å²) in [6, 6.07) is 5.74. The molecule has 3 heterocycles. The number of nitrogens with one attached hydrogen (secondary N) is 2. The minimum absolute atomic E-state index is 0.0272. The van der Waals surface area contributed by atoms with Crippen LogP contribution in [0.3, 0.4) is 0 Å². The van der Waals surface area contributed by atoms with E-state index < -0.39 is 12.7 Å². The lowest BCUT2D eigenvalue weighted by Gasteiger charge is -2.19. The number of alkyl halides is 3. The fourth-order valence-corrected chi connectivity index (χ4v) is 3.35. The first-order valence-corrected chi connectivity index (χ1v) is 9.57. The molecule has 2 aromatic heterocycles. The van der Waals surface area contributed by atoms with E-state index in [1.54, 1.807) is 0 Å². The van der Waals surface area contributed by atoms with Crippen LogP contribution in [0.2, 0.25) is 0 Å². The van der Waals surface area contributed by atoms with E-state index in [0.29, 0.717) is 38.6 Å². The largest absolute Gasteiger partial charge is 0.401 e. The minimum Gasteiger partial charge on any atom is -0.357 e. The summed E-state index contributed by atoms with van der Waals surface area (Å²) in [5.41, 5.74) is 0.820. The van der Waals surface area contributed by atoms with Gasteiger partial charge in [0.25, 0.3) is 0 Å². The summed E-state index contributed by atoms with van der Waals surface area (Å²) >= 11 is 0. The molecule has 0 aromatic carbocycles. The molecular weight excluding hydrogens is 371 g/mol. The maximum Gasteiger partial charge on any atom is 0.401 e. The van der Waals surface area contributed by atoms with E-state index in [1.165, 1.54) is 4.90 Å². The van der Waals surface area contributed by atoms with E-state index in [4.69, 9.17) is 0 Å². The first-order valence-electron chi connectivity index (χ1n) is 9.57. The summed E-state index contributed by atoms with van der Waals surface area (Å²) < 4.78 is 39.5. The fourth-order valence-electron chi connectivity index (χ4n) is 3.35. The fraction of sp³-hybridized carbons (Fsp3) is 0.611. The summed E-state index contributed by atoms with van der Waals surface area (Å²) in [5.74, 6) is 1.54. The average Bonchev–Trinajstić information content (AvgIpc) is 3.24. The molecule has 0 amide bonds. The van der Waals surface area contributed by atoms with Crippen molar-refractivity contribution in [3.63, 3.8) is 0 Å². The maximum atomic E-state index is 12.5. The molecule has 0 bridgehead atoms. The highest BCUT2D eigenvalue weighted by atomic mass is 19.4. The van der Waals surface area contributed by atoms with Crippen molar-refractivity contribution in [1.82, 2.24) is 30.1 Å². The van der Waals surface area contributed by atoms with Crippen LogP contribution in [0.25, 0.3) is 5.65 Å². The summed E-state index contributed by atoms with van der Waals surface area (Å²) in [6.07, 6.45) is 0.00589. The second-order valence-electron chi connectivity index (χ2n) is 6.89. The van der Waals surface area contributed by atoms with E-state index in [0.717, 1.165) is 24.3 Å². The number of likely N-dealkylation sites (tertiary alicyclic amines) is 1. The summed E-state index contributed by atoms with van der Waals surface area (Å²) in [7, 11) is 0. The van der Waals surface area contributed by atoms with Crippen LogP contribution >= 0.6 is 0 Å². The van der Waals surface area contributed by atoms with Gasteiger partial charge in [0.2, 0.25) is 0 Å². The number of aromatic nitrogens is 3. The third-order valence-electron chi connectivity index (χ3n) is 4.57. The first-order chi connectivity index (χ1) is 13.4. The number of aryl methyl sites for hydroxylation is 1. The number of pyridine rings is 1. The Morgan fingerprint density at radius 1 is 1.32 bits per heavy atom. The van der Waals surface area contributed by atoms with Crippen molar-refractivity contribution in [1.29, 1.82) is 0 Å². The molecule has 0 aliphatic carbocycles. The van der Waals surface area contributed by atoms with E-state index in [9.17, 15) is 13.2 Å². The molecule has 1 fully saturated rings. The zero-order valence-electron chi connectivity index (χ0n) is 15.9. The van der Waals surface area contributed by atoms with Gasteiger partial charge in [0.15, 0.2) is 11.6 Å². The minimum atomic E-state index is -4.15. The number of fused-ring (bicyclic) bond motifs is 1. The summed E-state index contributed by atoms with van der Waals surface area (Å²) in [5, 5.41) is 14.7. The zero-order valence-corrected chi connectivity index (χ0v) is 15.9. The molecule has 10 heteroatoms. The molecule has 2 N–H and O–H groups in total. The van der Waals surface area contributed by atoms with E-state index in [-0.39, 0.29) is 6.04 Å². The van der Waals surface area contributed by atoms with Gasteiger partial charge in [0.1, 0.15) is 5.82 Å². The van der Waals surface area contributed by atoms with E-state index in [2.05, 4.69) is 25.8 Å². The number of guanidine groups is 1. The number of aliphatic imine (C=N–C) groups is 1. The molecule has 1 unspecified atom stereocenters. The number of halogens is 3. The van der Waals surface area contributed by atoms with Gasteiger partial charge in [-0.25, -0.2) is 0 Å². The van der Waals surface area contributed by atoms with Crippen LogP contribution < -0.4 is 10.6 Å². The van der Waals surface area contributed by atoms with Gasteiger partial charge in [-0.1, -0.05) is 6.07 Å². The van der Waals surface area contributed by atoms with Gasteiger partial charge in [-0.05, 0) is 31.9 Å². The molecule has 0 spiro atoms. The first kappa shape index (κ1) is 20.4. The highest BCUT2D eigenvalue weighted by molar-refractivity contribution is 5.80. The molecule has 154 valence electrons. The Balaban J connectivity index is 1.48. The molecule has 1 aliphatic heterocycles. The van der Waals surface area contributed by atoms with E-state index >= 15 is 0 Å². The lowest BCUT2D eigenvalue weighted by atomic mass is 10.3. The van der Waals surface area contributed by atoms with Crippen molar-refractivity contribution in [2.45, 2.75) is 38.4 Å². The maximum absolute atomic E-state index is 12.5. The SMILES string of the molecule is CCNC(=NCCCc1nnc2ccccn12)NC1CCN(CC(F)(F)F)C1. The second kappa shape index (κ2) is 9.22. The Morgan fingerprint density at radius 2 is 2.18 bits per heavy atom. The zero-order chi connectivity index (χ0) is 20.0. The van der Waals surface area contributed by atoms with Gasteiger partial charge >= 0.3 is 6.18 Å². The van der Waals surface area contributed by atoms with Crippen LogP contribution in [0.15, 0.2) is 29.4 Å². The van der Waals surface area contributed by atoms with Gasteiger partial charge in [0.05, 0.1) is 6.54 Å². The second-order valence-corrected chi connectivity index (χ2v) is 6.89. The molecule has 28 heavy (non-hydrogen) atoms. The lowest BCUT2D eigenvalue weighted by molar-refractivity contribution is -0.143. The van der Waals surface area contributed by atoms with Gasteiger partial charge in [0, 0.05) is 44.8 Å². The van der Waals surface area contributed by atoms with Crippen molar-refractivity contribution in [3.05, 3.63) is 30.2 Å². The van der Waals surface area contributed by atoms with Gasteiger partial charge in [-0.2, -0.15) is 13.2 Å². The van der Waals surface area contributed by atoms with Crippen molar-refractivity contribution < 1.29 is 13.2 Å². The summed E-state index contributed by atoms with van der Waals surface area (Å²) in [6.45, 7) is 3.21. The normalized spacial score (nSPS) is 18.7. The molecular formula is C18H26F3N7. The number of hydrogen-bond donors (Lipinski definition) is 2. The molecule has 1 atom stereocenters. The molecule has 7 nitrogen and oxygen atoms in total. The lowest BCUT2D eigenvalue weighted by Crippen LogP contribution is -2.45. The molecule has 0 saturated carbocycles. The number of hydrogen-bond acceptors (Lipinski definition) is 4. The van der Waals surface area contributed by atoms with Crippen molar-refractivity contribution in [2.75, 3.05) is 32.7 Å². The highest BCUT2D eigenvalue weighted by Gasteiger charge is 2.34. The number of nitrogens with zero attached hydrogens (tertiary/aromatic N) is 5. The van der Waals surface area contributed by atoms with Crippen molar-refractivity contribution >= 4 is 11.6 Å². The highest BCUT2D eigenvalue weighted by Crippen LogP contribution is 2.19. The predicted octanol–water partition coefficient (Wildman–Crippen LogP) is 1.85. The third-order valence-corrected chi connectivity index (χ3v) is 4.57. The summed E-state index contributed by atoms with van der Waals surface area (Å²) in [4.78, 5) is 5.98. The van der Waals surface area contributed by atoms with Crippen LogP contribution in [-0.2, 0) is 6.42 Å². The van der Waals surface area contributed by atoms with Crippen LogP contribution in [0.4, 0.5) is 13.2 Å². The molecule has 1 saturated heterocycles. The topological polar surface area (TPSA) is 69.8 Å². The Bertz CT molecular complexity index is 787. The standard InChI is InChI=1S/C18H26F3N7/c1-2-22-17(24-14-8-11-27(12-14)13-18(19,20)21)23-9-5-7-16-26-25-15-6-3-4-10-28(15)16/h3-4,6,10,14H,2,5,7-9,11-13H2,1H3,(H2,22,23,24). The van der Waals surface area contributed by atoms with Crippen LogP contribution in [0.5, 0.6) is 0 Å². The van der Waals surface area contributed by atoms with Crippen molar-refractivity contribution in [3.8, 4) is 0 Å². The Kier molecular flexibility index (Phi) is 6.71. The quantitative estimate of drug-likeness (QED) is 0.424. The third kappa shape index (κ3) is 5.82. The molecule has 3 rings (SSSR count). The predicted molar refractivity (Wildman–Crippen MR) is 101 cm³/mol. The van der Waals surface area contributed by atoms with Crippen molar-refractivity contribution in [2.24, 2.45) is 4.99 Å². The molecule has 1 aliphatic rings. The van der Waals surface area contributed by atoms with E-state index in [1.807, 2.05) is 35.7 Å². The number of rotatable bonds is 7. The Labute approximate surface area is 162 Å².